The number of allylic oxidation sites excluding steroid dienone is 1. The molecule has 0 saturated heterocycles. The number of ether oxygens (including phenoxy) is 1. The van der Waals surface area contributed by atoms with Crippen molar-refractivity contribution >= 4 is 11.8 Å². The lowest BCUT2D eigenvalue weighted by atomic mass is 9.65. The van der Waals surface area contributed by atoms with Gasteiger partial charge in [0.2, 0.25) is 0 Å². The van der Waals surface area contributed by atoms with Gasteiger partial charge in [0.1, 0.15) is 5.41 Å². The Morgan fingerprint density at radius 2 is 2.05 bits per heavy atom. The Morgan fingerprint density at radius 3 is 2.59 bits per heavy atom. The largest absolute Gasteiger partial charge is 0.465 e. The number of hydrogen-bond donors (Lipinski definition) is 0. The van der Waals surface area contributed by atoms with E-state index in [1.807, 2.05) is 44.2 Å². The summed E-state index contributed by atoms with van der Waals surface area (Å²) in [6.07, 6.45) is 3.89. The highest BCUT2D eigenvalue weighted by molar-refractivity contribution is 6.08. The first-order chi connectivity index (χ1) is 10.5. The lowest BCUT2D eigenvalue weighted by Crippen LogP contribution is -2.48. The molecular formula is C19H22O3. The zero-order valence-corrected chi connectivity index (χ0v) is 13.2. The zero-order valence-electron chi connectivity index (χ0n) is 13.2. The van der Waals surface area contributed by atoms with Gasteiger partial charge in [-0.25, -0.2) is 0 Å². The van der Waals surface area contributed by atoms with Crippen LogP contribution in [0.2, 0.25) is 0 Å². The van der Waals surface area contributed by atoms with E-state index in [1.165, 1.54) is 0 Å². The number of Topliss-reactive ketones (excluding diaryl/α,β-unsaturated/α-hetero) is 1. The summed E-state index contributed by atoms with van der Waals surface area (Å²) in [5.41, 5.74) is 4.25. The van der Waals surface area contributed by atoms with E-state index < -0.39 is 5.41 Å². The van der Waals surface area contributed by atoms with Gasteiger partial charge < -0.3 is 4.74 Å². The first-order valence-corrected chi connectivity index (χ1v) is 7.67. The van der Waals surface area contributed by atoms with Gasteiger partial charge in [-0.3, -0.25) is 9.59 Å². The molecule has 1 unspecified atom stereocenters. The number of ketones is 1. The van der Waals surface area contributed by atoms with E-state index in [2.05, 4.69) is 5.73 Å². The number of carbonyl (C=O) groups excluding carboxylic acids is 2. The molecule has 3 heteroatoms. The molecule has 0 spiro atoms. The number of rotatable bonds is 6. The first-order valence-electron chi connectivity index (χ1n) is 7.67. The molecule has 0 aromatic heterocycles. The topological polar surface area (TPSA) is 43.4 Å². The molecule has 2 rings (SSSR count). The van der Waals surface area contributed by atoms with Crippen LogP contribution in [0.1, 0.15) is 38.7 Å². The van der Waals surface area contributed by atoms with Crippen LogP contribution < -0.4 is 0 Å². The van der Waals surface area contributed by atoms with E-state index >= 15 is 0 Å². The third-order valence-corrected chi connectivity index (χ3v) is 4.01. The van der Waals surface area contributed by atoms with Crippen molar-refractivity contribution in [3.05, 3.63) is 53.3 Å². The fourth-order valence-corrected chi connectivity index (χ4v) is 2.52. The highest BCUT2D eigenvalue weighted by Crippen LogP contribution is 2.42. The fourth-order valence-electron chi connectivity index (χ4n) is 2.52. The molecule has 0 bridgehead atoms. The smallest absolute Gasteiger partial charge is 0.319 e. The summed E-state index contributed by atoms with van der Waals surface area (Å²) >= 11 is 0. The highest BCUT2D eigenvalue weighted by Gasteiger charge is 2.52. The van der Waals surface area contributed by atoms with Crippen LogP contribution in [-0.2, 0) is 20.7 Å². The molecule has 116 valence electrons. The number of benzene rings is 1. The van der Waals surface area contributed by atoms with E-state index in [0.717, 1.165) is 11.1 Å². The van der Waals surface area contributed by atoms with Crippen molar-refractivity contribution in [2.75, 3.05) is 6.61 Å². The van der Waals surface area contributed by atoms with E-state index in [0.29, 0.717) is 32.3 Å². The van der Waals surface area contributed by atoms with Gasteiger partial charge in [-0.1, -0.05) is 30.3 Å². The van der Waals surface area contributed by atoms with Gasteiger partial charge in [0.15, 0.2) is 5.78 Å². The van der Waals surface area contributed by atoms with Crippen LogP contribution in [0.25, 0.3) is 0 Å². The molecule has 0 aliphatic heterocycles. The molecule has 1 aliphatic rings. The summed E-state index contributed by atoms with van der Waals surface area (Å²) < 4.78 is 5.37. The normalized spacial score (nSPS) is 19.8. The Labute approximate surface area is 131 Å². The molecule has 1 fully saturated rings. The lowest BCUT2D eigenvalue weighted by Gasteiger charge is -2.36. The maximum atomic E-state index is 12.3. The molecule has 1 aromatic rings. The zero-order chi connectivity index (χ0) is 16.0. The van der Waals surface area contributed by atoms with Crippen molar-refractivity contribution in [3.8, 4) is 0 Å². The molecule has 1 atom stereocenters. The van der Waals surface area contributed by atoms with Crippen LogP contribution in [0.3, 0.4) is 0 Å². The molecule has 1 aromatic carbocycles. The average molecular weight is 298 g/mol. The molecule has 1 saturated carbocycles. The van der Waals surface area contributed by atoms with E-state index in [4.69, 9.17) is 4.74 Å². The Balaban J connectivity index is 1.93. The third kappa shape index (κ3) is 3.75. The van der Waals surface area contributed by atoms with Gasteiger partial charge in [0.25, 0.3) is 0 Å². The second-order valence-corrected chi connectivity index (χ2v) is 5.93. The first kappa shape index (κ1) is 16.3. The van der Waals surface area contributed by atoms with Crippen molar-refractivity contribution in [2.24, 2.45) is 5.41 Å². The van der Waals surface area contributed by atoms with Crippen molar-refractivity contribution in [1.82, 2.24) is 0 Å². The third-order valence-electron chi connectivity index (χ3n) is 4.01. The Kier molecular flexibility index (Phi) is 5.35. The van der Waals surface area contributed by atoms with Crippen LogP contribution in [0.5, 0.6) is 0 Å². The summed E-state index contributed by atoms with van der Waals surface area (Å²) in [7, 11) is 0. The van der Waals surface area contributed by atoms with Crippen LogP contribution in [0.4, 0.5) is 0 Å². The Hall–Kier alpha value is -2.12. The van der Waals surface area contributed by atoms with Gasteiger partial charge in [-0.05, 0) is 43.9 Å². The Morgan fingerprint density at radius 1 is 1.32 bits per heavy atom. The molecule has 3 nitrogen and oxygen atoms in total. The highest BCUT2D eigenvalue weighted by atomic mass is 16.5. The molecular weight excluding hydrogens is 276 g/mol. The Bertz CT molecular complexity index is 605. The van der Waals surface area contributed by atoms with E-state index in [-0.39, 0.29) is 11.8 Å². The summed E-state index contributed by atoms with van der Waals surface area (Å²) in [5, 5.41) is 0. The second-order valence-electron chi connectivity index (χ2n) is 5.93. The molecule has 0 radical (unpaired) electrons. The summed E-state index contributed by atoms with van der Waals surface area (Å²) in [6, 6.07) is 9.86. The molecule has 0 heterocycles. The van der Waals surface area contributed by atoms with Crippen LogP contribution in [-0.4, -0.2) is 18.4 Å². The van der Waals surface area contributed by atoms with Crippen molar-refractivity contribution in [1.29, 1.82) is 0 Å². The standard InChI is InChI=1S/C19H22O3/c1-15(2)7-6-12-19(13-10-17(19)20)18(21)22-14-11-16-8-4-3-5-9-16/h3-6,8-9H,10-14H2,1-2H3. The van der Waals surface area contributed by atoms with Crippen LogP contribution >= 0.6 is 0 Å². The predicted molar refractivity (Wildman–Crippen MR) is 85.3 cm³/mol. The maximum absolute atomic E-state index is 12.3. The maximum Gasteiger partial charge on any atom is 0.319 e. The monoisotopic (exact) mass is 298 g/mol. The molecule has 0 amide bonds. The molecule has 0 N–H and O–H groups in total. The lowest BCUT2D eigenvalue weighted by molar-refractivity contribution is -0.167. The van der Waals surface area contributed by atoms with Crippen molar-refractivity contribution < 1.29 is 14.3 Å². The quantitative estimate of drug-likeness (QED) is 0.457. The van der Waals surface area contributed by atoms with Gasteiger partial charge in [-0.15, -0.1) is 5.73 Å². The van der Waals surface area contributed by atoms with Gasteiger partial charge in [-0.2, -0.15) is 0 Å². The number of hydrogen-bond acceptors (Lipinski definition) is 3. The van der Waals surface area contributed by atoms with Crippen molar-refractivity contribution in [3.63, 3.8) is 0 Å². The summed E-state index contributed by atoms with van der Waals surface area (Å²) in [5.74, 6) is -0.393. The van der Waals surface area contributed by atoms with Gasteiger partial charge >= 0.3 is 5.97 Å². The summed E-state index contributed by atoms with van der Waals surface area (Å²) in [6.45, 7) is 4.18. The fraction of sp³-hybridized carbons (Fsp3) is 0.421. The predicted octanol–water partition coefficient (Wildman–Crippen LogP) is 3.63. The second kappa shape index (κ2) is 7.24. The van der Waals surface area contributed by atoms with Crippen LogP contribution in [0.15, 0.2) is 47.7 Å². The van der Waals surface area contributed by atoms with Crippen molar-refractivity contribution in [2.45, 2.75) is 39.5 Å². The number of carbonyl (C=O) groups is 2. The molecule has 1 aliphatic carbocycles. The van der Waals surface area contributed by atoms with Gasteiger partial charge in [0.05, 0.1) is 6.61 Å². The minimum absolute atomic E-state index is 0.0102. The van der Waals surface area contributed by atoms with E-state index in [1.54, 1.807) is 6.08 Å². The van der Waals surface area contributed by atoms with Crippen LogP contribution in [0, 0.1) is 5.41 Å². The molecule has 22 heavy (non-hydrogen) atoms. The minimum atomic E-state index is -0.959. The summed E-state index contributed by atoms with van der Waals surface area (Å²) in [4.78, 5) is 24.3. The minimum Gasteiger partial charge on any atom is -0.465 e. The SMILES string of the molecule is CC(C)=C=CCC1(C(=O)OCCc2ccccc2)CCC1=O. The van der Waals surface area contributed by atoms with E-state index in [9.17, 15) is 9.59 Å². The average Bonchev–Trinajstić information content (AvgIpc) is 2.50. The van der Waals surface area contributed by atoms with Gasteiger partial charge in [0, 0.05) is 12.8 Å². The number of esters is 1.